The number of para-hydroxylation sites is 4. The average molecular weight is 678 g/mol. The van der Waals surface area contributed by atoms with E-state index in [0.717, 1.165) is 89.2 Å². The monoisotopic (exact) mass is 677 g/mol. The molecule has 0 spiro atoms. The van der Waals surface area contributed by atoms with E-state index in [4.69, 9.17) is 13.8 Å². The van der Waals surface area contributed by atoms with Gasteiger partial charge in [-0.2, -0.15) is 0 Å². The fourth-order valence-electron chi connectivity index (χ4n) is 8.82. The van der Waals surface area contributed by atoms with E-state index in [1.165, 1.54) is 21.8 Å². The second-order valence-electron chi connectivity index (χ2n) is 13.9. The Bertz CT molecular complexity index is 3100. The molecule has 12 rings (SSSR count). The van der Waals surface area contributed by atoms with E-state index in [9.17, 15) is 0 Å². The highest BCUT2D eigenvalue weighted by atomic mass is 16.5. The number of fused-ring (bicyclic) bond motifs is 10. The summed E-state index contributed by atoms with van der Waals surface area (Å²) in [6.45, 7) is -0.331. The maximum atomic E-state index is 6.93. The maximum absolute atomic E-state index is 6.93. The molecule has 8 aromatic carbocycles. The highest BCUT2D eigenvalue weighted by Crippen LogP contribution is 2.45. The molecule has 4 heterocycles. The second-order valence-corrected chi connectivity index (χ2v) is 13.9. The van der Waals surface area contributed by atoms with Gasteiger partial charge in [0.25, 0.3) is 0 Å². The number of hydrogen-bond donors (Lipinski definition) is 0. The second kappa shape index (κ2) is 10.8. The number of nitrogens with zero attached hydrogens (tertiary/aromatic N) is 1. The standard InChI is InChI=1S/C48H28BNO3/c1-2-13-32(36-18-11-23-45-47(36)37-17-6-9-21-42(37)51-45)31(12-1)29-26-38-35-16-5-10-22-43(35)53-49-39-28-30(24-25-44(39)52-46(27-29)48(38)49)50-40-19-7-3-14-33(40)34-15-4-8-20-41(34)50/h1-28H. The summed E-state index contributed by atoms with van der Waals surface area (Å²) in [5.41, 5.74) is 13.9. The molecule has 0 amide bonds. The minimum atomic E-state index is -0.331. The molecule has 2 aliphatic heterocycles. The molecule has 0 saturated heterocycles. The molecule has 0 bridgehead atoms. The fraction of sp³-hybridized carbons (Fsp3) is 0. The molecule has 53 heavy (non-hydrogen) atoms. The maximum Gasteiger partial charge on any atom is 0.434 e. The van der Waals surface area contributed by atoms with Gasteiger partial charge in [0, 0.05) is 43.7 Å². The first kappa shape index (κ1) is 28.7. The lowest BCUT2D eigenvalue weighted by Gasteiger charge is -2.33. The molecule has 246 valence electrons. The van der Waals surface area contributed by atoms with Gasteiger partial charge < -0.3 is 18.4 Å². The van der Waals surface area contributed by atoms with Crippen LogP contribution in [0.15, 0.2) is 174 Å². The van der Waals surface area contributed by atoms with Gasteiger partial charge in [-0.05, 0) is 88.5 Å². The van der Waals surface area contributed by atoms with E-state index in [0.29, 0.717) is 0 Å². The zero-order valence-corrected chi connectivity index (χ0v) is 28.4. The molecule has 5 heteroatoms. The van der Waals surface area contributed by atoms with Gasteiger partial charge in [-0.25, -0.2) is 0 Å². The minimum Gasteiger partial charge on any atom is -0.551 e. The van der Waals surface area contributed by atoms with Crippen molar-refractivity contribution in [3.63, 3.8) is 0 Å². The van der Waals surface area contributed by atoms with Crippen molar-refractivity contribution in [3.05, 3.63) is 170 Å². The van der Waals surface area contributed by atoms with Crippen LogP contribution in [0, 0.1) is 0 Å². The van der Waals surface area contributed by atoms with Crippen LogP contribution in [-0.4, -0.2) is 11.5 Å². The number of ether oxygens (including phenoxy) is 1. The molecule has 10 aromatic rings. The number of benzene rings is 8. The molecule has 4 nitrogen and oxygen atoms in total. The van der Waals surface area contributed by atoms with Crippen LogP contribution in [0.1, 0.15) is 0 Å². The number of hydrogen-bond acceptors (Lipinski definition) is 3. The number of rotatable bonds is 3. The molecule has 0 fully saturated rings. The summed E-state index contributed by atoms with van der Waals surface area (Å²) >= 11 is 0. The molecule has 2 aromatic heterocycles. The van der Waals surface area contributed by atoms with Crippen molar-refractivity contribution in [2.45, 2.75) is 0 Å². The molecule has 0 aliphatic carbocycles. The third-order valence-corrected chi connectivity index (χ3v) is 11.1. The molecular formula is C48H28BNO3. The van der Waals surface area contributed by atoms with Crippen molar-refractivity contribution in [1.29, 1.82) is 0 Å². The lowest BCUT2D eigenvalue weighted by molar-refractivity contribution is 0.479. The van der Waals surface area contributed by atoms with Gasteiger partial charge in [0.05, 0.1) is 11.0 Å². The van der Waals surface area contributed by atoms with E-state index in [-0.39, 0.29) is 6.92 Å². The zero-order valence-electron chi connectivity index (χ0n) is 28.4. The quantitative estimate of drug-likeness (QED) is 0.175. The lowest BCUT2D eigenvalue weighted by atomic mass is 9.50. The Morgan fingerprint density at radius 1 is 0.434 bits per heavy atom. The summed E-state index contributed by atoms with van der Waals surface area (Å²) in [5, 5.41) is 4.70. The first-order valence-electron chi connectivity index (χ1n) is 18.0. The first-order chi connectivity index (χ1) is 26.3. The van der Waals surface area contributed by atoms with Gasteiger partial charge in [-0.3, -0.25) is 0 Å². The van der Waals surface area contributed by atoms with E-state index >= 15 is 0 Å². The Morgan fingerprint density at radius 3 is 1.92 bits per heavy atom. The summed E-state index contributed by atoms with van der Waals surface area (Å²) in [7, 11) is 0. The Hall–Kier alpha value is -6.98. The lowest BCUT2D eigenvalue weighted by Crippen LogP contribution is -2.53. The van der Waals surface area contributed by atoms with Crippen LogP contribution in [0.2, 0.25) is 0 Å². The van der Waals surface area contributed by atoms with Gasteiger partial charge in [0.15, 0.2) is 0 Å². The predicted octanol–water partition coefficient (Wildman–Crippen LogP) is 11.3. The molecule has 0 N–H and O–H groups in total. The third kappa shape index (κ3) is 4.07. The van der Waals surface area contributed by atoms with Crippen molar-refractivity contribution < 1.29 is 13.8 Å². The Balaban J connectivity index is 1.06. The van der Waals surface area contributed by atoms with Crippen LogP contribution in [-0.2, 0) is 0 Å². The van der Waals surface area contributed by atoms with Crippen LogP contribution >= 0.6 is 0 Å². The first-order valence-corrected chi connectivity index (χ1v) is 18.0. The largest absolute Gasteiger partial charge is 0.551 e. The predicted molar refractivity (Wildman–Crippen MR) is 217 cm³/mol. The zero-order chi connectivity index (χ0) is 34.6. The third-order valence-electron chi connectivity index (χ3n) is 11.1. The topological polar surface area (TPSA) is 36.5 Å². The molecule has 0 radical (unpaired) electrons. The summed E-state index contributed by atoms with van der Waals surface area (Å²) in [6, 6.07) is 59.9. The van der Waals surface area contributed by atoms with Crippen molar-refractivity contribution in [3.8, 4) is 56.3 Å². The van der Waals surface area contributed by atoms with Gasteiger partial charge in [-0.1, -0.05) is 109 Å². The van der Waals surface area contributed by atoms with Crippen molar-refractivity contribution in [2.75, 3.05) is 0 Å². The Kier molecular flexibility index (Phi) is 5.83. The molecule has 0 saturated carbocycles. The van der Waals surface area contributed by atoms with E-state index in [1.807, 2.05) is 12.1 Å². The minimum absolute atomic E-state index is 0.331. The van der Waals surface area contributed by atoms with Crippen molar-refractivity contribution in [2.24, 2.45) is 0 Å². The van der Waals surface area contributed by atoms with Crippen LogP contribution in [0.3, 0.4) is 0 Å². The normalized spacial score (nSPS) is 12.8. The van der Waals surface area contributed by atoms with E-state index < -0.39 is 0 Å². The van der Waals surface area contributed by atoms with Gasteiger partial charge in [0.2, 0.25) is 0 Å². The highest BCUT2D eigenvalue weighted by Gasteiger charge is 2.41. The number of furan rings is 1. The summed E-state index contributed by atoms with van der Waals surface area (Å²) in [6.07, 6.45) is 0. The van der Waals surface area contributed by atoms with Gasteiger partial charge in [-0.15, -0.1) is 0 Å². The highest BCUT2D eigenvalue weighted by molar-refractivity contribution is 6.84. The summed E-state index contributed by atoms with van der Waals surface area (Å²) < 4.78 is 22.5. The van der Waals surface area contributed by atoms with Crippen LogP contribution in [0.4, 0.5) is 0 Å². The fourth-order valence-corrected chi connectivity index (χ4v) is 8.82. The van der Waals surface area contributed by atoms with Gasteiger partial charge >= 0.3 is 6.92 Å². The van der Waals surface area contributed by atoms with Crippen LogP contribution in [0.5, 0.6) is 17.2 Å². The van der Waals surface area contributed by atoms with Crippen LogP contribution in [0.25, 0.3) is 82.8 Å². The van der Waals surface area contributed by atoms with Crippen LogP contribution < -0.4 is 20.3 Å². The van der Waals surface area contributed by atoms with Gasteiger partial charge in [0.1, 0.15) is 28.4 Å². The number of aromatic nitrogens is 1. The summed E-state index contributed by atoms with van der Waals surface area (Å²) in [4.78, 5) is 0. The van der Waals surface area contributed by atoms with E-state index in [1.54, 1.807) is 0 Å². The molecular weight excluding hydrogens is 649 g/mol. The van der Waals surface area contributed by atoms with Crippen molar-refractivity contribution in [1.82, 2.24) is 4.57 Å². The Labute approximate surface area is 305 Å². The molecule has 2 aliphatic rings. The van der Waals surface area contributed by atoms with Crippen molar-refractivity contribution >= 4 is 61.6 Å². The smallest absolute Gasteiger partial charge is 0.434 e. The molecule has 0 unspecified atom stereocenters. The molecule has 0 atom stereocenters. The average Bonchev–Trinajstić information content (AvgIpc) is 3.77. The summed E-state index contributed by atoms with van der Waals surface area (Å²) in [5.74, 6) is 2.49. The van der Waals surface area contributed by atoms with E-state index in [2.05, 4.69) is 162 Å². The SMILES string of the molecule is c1ccc2c(c1)OB1c3cc(-n4c5ccccc5c5ccccc54)ccc3Oc3cc(-c4ccccc4-c4cccc5oc6ccccc6c45)cc-2c31. The Morgan fingerprint density at radius 2 is 1.09 bits per heavy atom.